The van der Waals surface area contributed by atoms with E-state index in [2.05, 4.69) is 20.3 Å². The molecule has 1 N–H and O–H groups in total. The normalized spacial score (nSPS) is 11.9. The predicted molar refractivity (Wildman–Crippen MR) is 81.5 cm³/mol. The molecule has 110 valence electrons. The van der Waals surface area contributed by atoms with Gasteiger partial charge in [-0.05, 0) is 30.7 Å². The lowest BCUT2D eigenvalue weighted by molar-refractivity contribution is 0.0939. The Labute approximate surface area is 127 Å². The second kappa shape index (κ2) is 6.17. The summed E-state index contributed by atoms with van der Waals surface area (Å²) < 4.78 is 1.75. The first-order valence-electron chi connectivity index (χ1n) is 6.89. The summed E-state index contributed by atoms with van der Waals surface area (Å²) >= 11 is 0. The third-order valence-corrected chi connectivity index (χ3v) is 3.31. The summed E-state index contributed by atoms with van der Waals surface area (Å²) in [6.45, 7) is 1.92. The first-order valence-corrected chi connectivity index (χ1v) is 6.89. The Bertz CT molecular complexity index is 755. The molecule has 3 aromatic rings. The van der Waals surface area contributed by atoms with E-state index in [1.807, 2.05) is 19.1 Å². The van der Waals surface area contributed by atoms with Crippen LogP contribution >= 0.6 is 0 Å². The van der Waals surface area contributed by atoms with E-state index in [0.29, 0.717) is 11.4 Å². The minimum Gasteiger partial charge on any atom is -0.345 e. The monoisotopic (exact) mass is 293 g/mol. The summed E-state index contributed by atoms with van der Waals surface area (Å²) in [4.78, 5) is 24.6. The standard InChI is InChI=1S/C16H15N5O/c1-12(14-3-2-5-17-10-14)20-16(22)13-4-6-19-15(9-13)21-8-7-18-11-21/h2-12H,1H3,(H,20,22). The quantitative estimate of drug-likeness (QED) is 0.800. The third-order valence-electron chi connectivity index (χ3n) is 3.31. The number of hydrogen-bond acceptors (Lipinski definition) is 4. The lowest BCUT2D eigenvalue weighted by Gasteiger charge is -2.14. The number of carbonyl (C=O) groups is 1. The van der Waals surface area contributed by atoms with Gasteiger partial charge < -0.3 is 5.32 Å². The lowest BCUT2D eigenvalue weighted by Crippen LogP contribution is -2.26. The predicted octanol–water partition coefficient (Wildman–Crippen LogP) is 2.15. The van der Waals surface area contributed by atoms with E-state index in [0.717, 1.165) is 5.56 Å². The van der Waals surface area contributed by atoms with Crippen molar-refractivity contribution in [2.45, 2.75) is 13.0 Å². The molecule has 0 saturated heterocycles. The Balaban J connectivity index is 1.77. The fourth-order valence-corrected chi connectivity index (χ4v) is 2.09. The van der Waals surface area contributed by atoms with E-state index >= 15 is 0 Å². The van der Waals surface area contributed by atoms with Crippen LogP contribution in [-0.4, -0.2) is 25.4 Å². The fraction of sp³-hybridized carbons (Fsp3) is 0.125. The number of nitrogens with one attached hydrogen (secondary N) is 1. The first kappa shape index (κ1) is 13.9. The average Bonchev–Trinajstić information content (AvgIpc) is 3.10. The molecule has 1 atom stereocenters. The highest BCUT2D eigenvalue weighted by Crippen LogP contribution is 2.12. The highest BCUT2D eigenvalue weighted by Gasteiger charge is 2.12. The summed E-state index contributed by atoms with van der Waals surface area (Å²) in [5, 5.41) is 2.95. The van der Waals surface area contributed by atoms with Crippen LogP contribution in [0.4, 0.5) is 0 Å². The van der Waals surface area contributed by atoms with Crippen LogP contribution in [0.3, 0.4) is 0 Å². The number of aromatic nitrogens is 4. The van der Waals surface area contributed by atoms with Crippen LogP contribution in [-0.2, 0) is 0 Å². The molecule has 0 aliphatic carbocycles. The molecule has 0 saturated carbocycles. The van der Waals surface area contributed by atoms with Crippen LogP contribution in [0.25, 0.3) is 5.82 Å². The highest BCUT2D eigenvalue weighted by atomic mass is 16.1. The van der Waals surface area contributed by atoms with Gasteiger partial charge in [-0.25, -0.2) is 9.97 Å². The summed E-state index contributed by atoms with van der Waals surface area (Å²) in [6.07, 6.45) is 10.1. The van der Waals surface area contributed by atoms with Crippen molar-refractivity contribution in [2.24, 2.45) is 0 Å². The molecule has 6 heteroatoms. The van der Waals surface area contributed by atoms with E-state index in [1.54, 1.807) is 54.0 Å². The fourth-order valence-electron chi connectivity index (χ4n) is 2.09. The van der Waals surface area contributed by atoms with Gasteiger partial charge in [-0.2, -0.15) is 0 Å². The molecular formula is C16H15N5O. The van der Waals surface area contributed by atoms with Crippen LogP contribution in [0, 0.1) is 0 Å². The Morgan fingerprint density at radius 2 is 2.14 bits per heavy atom. The van der Waals surface area contributed by atoms with Gasteiger partial charge in [0, 0.05) is 36.5 Å². The van der Waals surface area contributed by atoms with Crippen molar-refractivity contribution in [1.29, 1.82) is 0 Å². The largest absolute Gasteiger partial charge is 0.345 e. The van der Waals surface area contributed by atoms with Crippen molar-refractivity contribution >= 4 is 5.91 Å². The number of amides is 1. The zero-order valence-electron chi connectivity index (χ0n) is 12.0. The van der Waals surface area contributed by atoms with E-state index in [9.17, 15) is 4.79 Å². The molecule has 0 bridgehead atoms. The number of rotatable bonds is 4. The van der Waals surface area contributed by atoms with Gasteiger partial charge in [-0.1, -0.05) is 6.07 Å². The van der Waals surface area contributed by atoms with Gasteiger partial charge in [0.15, 0.2) is 0 Å². The van der Waals surface area contributed by atoms with Crippen molar-refractivity contribution in [3.8, 4) is 5.82 Å². The van der Waals surface area contributed by atoms with Crippen LogP contribution in [0.2, 0.25) is 0 Å². The van der Waals surface area contributed by atoms with Crippen LogP contribution in [0.15, 0.2) is 61.6 Å². The molecule has 3 aromatic heterocycles. The molecular weight excluding hydrogens is 278 g/mol. The minimum absolute atomic E-state index is 0.119. The number of pyridine rings is 2. The van der Waals surface area contributed by atoms with Gasteiger partial charge in [-0.15, -0.1) is 0 Å². The molecule has 0 aromatic carbocycles. The van der Waals surface area contributed by atoms with Gasteiger partial charge >= 0.3 is 0 Å². The molecule has 3 heterocycles. The van der Waals surface area contributed by atoms with Crippen molar-refractivity contribution in [1.82, 2.24) is 24.8 Å². The van der Waals surface area contributed by atoms with Crippen LogP contribution < -0.4 is 5.32 Å². The number of hydrogen-bond donors (Lipinski definition) is 1. The van der Waals surface area contributed by atoms with Crippen LogP contribution in [0.5, 0.6) is 0 Å². The summed E-state index contributed by atoms with van der Waals surface area (Å²) in [5.41, 5.74) is 1.51. The van der Waals surface area contributed by atoms with E-state index in [-0.39, 0.29) is 11.9 Å². The Kier molecular flexibility index (Phi) is 3.91. The van der Waals surface area contributed by atoms with Crippen molar-refractivity contribution in [3.63, 3.8) is 0 Å². The molecule has 0 aliphatic rings. The van der Waals surface area contributed by atoms with Crippen molar-refractivity contribution in [2.75, 3.05) is 0 Å². The zero-order valence-corrected chi connectivity index (χ0v) is 12.0. The SMILES string of the molecule is CC(NC(=O)c1ccnc(-n2ccnc2)c1)c1cccnc1. The van der Waals surface area contributed by atoms with E-state index < -0.39 is 0 Å². The second-order valence-electron chi connectivity index (χ2n) is 4.85. The minimum atomic E-state index is -0.153. The van der Waals surface area contributed by atoms with E-state index in [4.69, 9.17) is 0 Å². The van der Waals surface area contributed by atoms with Gasteiger partial charge in [0.05, 0.1) is 6.04 Å². The second-order valence-corrected chi connectivity index (χ2v) is 4.85. The number of nitrogens with zero attached hydrogens (tertiary/aromatic N) is 4. The molecule has 22 heavy (non-hydrogen) atoms. The van der Waals surface area contributed by atoms with Crippen LogP contribution in [0.1, 0.15) is 28.9 Å². The zero-order chi connectivity index (χ0) is 15.4. The first-order chi connectivity index (χ1) is 10.7. The molecule has 0 spiro atoms. The smallest absolute Gasteiger partial charge is 0.251 e. The lowest BCUT2D eigenvalue weighted by atomic mass is 10.1. The van der Waals surface area contributed by atoms with Crippen molar-refractivity contribution in [3.05, 3.63) is 72.7 Å². The topological polar surface area (TPSA) is 72.7 Å². The Morgan fingerprint density at radius 1 is 1.23 bits per heavy atom. The van der Waals surface area contributed by atoms with E-state index in [1.165, 1.54) is 0 Å². The molecule has 0 radical (unpaired) electrons. The maximum Gasteiger partial charge on any atom is 0.251 e. The Morgan fingerprint density at radius 3 is 2.86 bits per heavy atom. The molecule has 0 aliphatic heterocycles. The van der Waals surface area contributed by atoms with Crippen molar-refractivity contribution < 1.29 is 4.79 Å². The maximum atomic E-state index is 12.4. The molecule has 1 unspecified atom stereocenters. The maximum absolute atomic E-state index is 12.4. The molecule has 1 amide bonds. The Hall–Kier alpha value is -3.02. The number of imidazole rings is 1. The van der Waals surface area contributed by atoms with Gasteiger partial charge in [0.2, 0.25) is 0 Å². The third kappa shape index (κ3) is 3.01. The summed E-state index contributed by atoms with van der Waals surface area (Å²) in [6, 6.07) is 7.08. The molecule has 0 fully saturated rings. The van der Waals surface area contributed by atoms with Gasteiger partial charge in [-0.3, -0.25) is 14.3 Å². The summed E-state index contributed by atoms with van der Waals surface area (Å²) in [7, 11) is 0. The highest BCUT2D eigenvalue weighted by molar-refractivity contribution is 5.94. The molecule has 3 rings (SSSR count). The summed E-state index contributed by atoms with van der Waals surface area (Å²) in [5.74, 6) is 0.499. The van der Waals surface area contributed by atoms with Gasteiger partial charge in [0.25, 0.3) is 5.91 Å². The average molecular weight is 293 g/mol. The van der Waals surface area contributed by atoms with Gasteiger partial charge in [0.1, 0.15) is 12.1 Å². The molecule has 6 nitrogen and oxygen atoms in total. The number of carbonyl (C=O) groups excluding carboxylic acids is 1.